The number of hydrogen-bond donors (Lipinski definition) is 2. The second kappa shape index (κ2) is 9.55. The predicted octanol–water partition coefficient (Wildman–Crippen LogP) is 3.13. The third kappa shape index (κ3) is 5.91. The van der Waals surface area contributed by atoms with E-state index in [0.29, 0.717) is 25.7 Å². The van der Waals surface area contributed by atoms with E-state index in [-0.39, 0.29) is 5.82 Å². The van der Waals surface area contributed by atoms with Crippen molar-refractivity contribution in [1.82, 2.24) is 10.6 Å². The van der Waals surface area contributed by atoms with Crippen LogP contribution in [0.15, 0.2) is 53.5 Å². The van der Waals surface area contributed by atoms with Crippen molar-refractivity contribution in [1.29, 1.82) is 0 Å². The molecule has 4 nitrogen and oxygen atoms in total. The Kier molecular flexibility index (Phi) is 7.08. The van der Waals surface area contributed by atoms with E-state index in [4.69, 9.17) is 4.74 Å². The summed E-state index contributed by atoms with van der Waals surface area (Å²) in [5.74, 6) is 1.38. The number of rotatable bonds is 7. The monoisotopic (exact) mass is 329 g/mol. The molecule has 2 rings (SSSR count). The van der Waals surface area contributed by atoms with Crippen LogP contribution in [0, 0.1) is 5.82 Å². The minimum absolute atomic E-state index is 0.204. The van der Waals surface area contributed by atoms with E-state index in [1.54, 1.807) is 19.2 Å². The topological polar surface area (TPSA) is 45.6 Å². The fourth-order valence-electron chi connectivity index (χ4n) is 2.34. The summed E-state index contributed by atoms with van der Waals surface area (Å²) in [6.07, 6.45) is 0.734. The van der Waals surface area contributed by atoms with Gasteiger partial charge < -0.3 is 15.4 Å². The first-order valence-electron chi connectivity index (χ1n) is 8.12. The van der Waals surface area contributed by atoms with Crippen molar-refractivity contribution < 1.29 is 9.13 Å². The standard InChI is InChI=1S/C19H24FN3O/c1-3-24-18-9-5-7-16(13-18)14-23-19(21-2)22-11-10-15-6-4-8-17(20)12-15/h4-9,12-13H,3,10-11,14H2,1-2H3,(H2,21,22,23). The Balaban J connectivity index is 1.79. The minimum atomic E-state index is -0.204. The zero-order chi connectivity index (χ0) is 17.2. The van der Waals surface area contributed by atoms with Crippen LogP contribution in [0.5, 0.6) is 5.75 Å². The van der Waals surface area contributed by atoms with Crippen molar-refractivity contribution in [2.45, 2.75) is 19.9 Å². The van der Waals surface area contributed by atoms with Gasteiger partial charge in [-0.15, -0.1) is 0 Å². The Hall–Kier alpha value is -2.56. The smallest absolute Gasteiger partial charge is 0.191 e. The van der Waals surface area contributed by atoms with Crippen LogP contribution < -0.4 is 15.4 Å². The van der Waals surface area contributed by atoms with E-state index in [2.05, 4.69) is 15.6 Å². The van der Waals surface area contributed by atoms with E-state index >= 15 is 0 Å². The molecule has 0 amide bonds. The summed E-state index contributed by atoms with van der Waals surface area (Å²) in [5.41, 5.74) is 2.08. The summed E-state index contributed by atoms with van der Waals surface area (Å²) < 4.78 is 18.6. The summed E-state index contributed by atoms with van der Waals surface area (Å²) in [6.45, 7) is 3.96. The highest BCUT2D eigenvalue weighted by atomic mass is 19.1. The third-order valence-electron chi connectivity index (χ3n) is 3.49. The highest BCUT2D eigenvalue weighted by Gasteiger charge is 2.01. The molecule has 0 aliphatic heterocycles. The fraction of sp³-hybridized carbons (Fsp3) is 0.316. The van der Waals surface area contributed by atoms with Gasteiger partial charge in [0.1, 0.15) is 11.6 Å². The van der Waals surface area contributed by atoms with Gasteiger partial charge in [-0.25, -0.2) is 4.39 Å². The van der Waals surface area contributed by atoms with Crippen molar-refractivity contribution in [3.8, 4) is 5.75 Å². The molecule has 0 bridgehead atoms. The van der Waals surface area contributed by atoms with Gasteiger partial charge in [-0.1, -0.05) is 24.3 Å². The second-order valence-electron chi connectivity index (χ2n) is 5.31. The van der Waals surface area contributed by atoms with Crippen molar-refractivity contribution >= 4 is 5.96 Å². The van der Waals surface area contributed by atoms with Gasteiger partial charge in [-0.3, -0.25) is 4.99 Å². The second-order valence-corrected chi connectivity index (χ2v) is 5.31. The molecule has 0 fully saturated rings. The van der Waals surface area contributed by atoms with E-state index in [0.717, 1.165) is 23.3 Å². The Bertz CT molecular complexity index is 673. The van der Waals surface area contributed by atoms with E-state index in [1.807, 2.05) is 37.3 Å². The number of hydrogen-bond acceptors (Lipinski definition) is 2. The molecule has 24 heavy (non-hydrogen) atoms. The Morgan fingerprint density at radius 3 is 2.62 bits per heavy atom. The van der Waals surface area contributed by atoms with Crippen molar-refractivity contribution in [3.63, 3.8) is 0 Å². The highest BCUT2D eigenvalue weighted by molar-refractivity contribution is 5.79. The van der Waals surface area contributed by atoms with E-state index in [1.165, 1.54) is 6.07 Å². The molecule has 128 valence electrons. The zero-order valence-electron chi connectivity index (χ0n) is 14.2. The van der Waals surface area contributed by atoms with Crippen molar-refractivity contribution in [2.75, 3.05) is 20.2 Å². The van der Waals surface area contributed by atoms with E-state index in [9.17, 15) is 4.39 Å². The van der Waals surface area contributed by atoms with Crippen LogP contribution in [0.1, 0.15) is 18.1 Å². The normalized spacial score (nSPS) is 11.2. The average Bonchev–Trinajstić information content (AvgIpc) is 2.59. The maximum atomic E-state index is 13.1. The largest absolute Gasteiger partial charge is 0.494 e. The van der Waals surface area contributed by atoms with E-state index < -0.39 is 0 Å². The van der Waals surface area contributed by atoms with Crippen LogP contribution in [-0.4, -0.2) is 26.2 Å². The molecule has 0 atom stereocenters. The molecule has 2 N–H and O–H groups in total. The molecule has 0 saturated carbocycles. The maximum absolute atomic E-state index is 13.1. The fourth-order valence-corrected chi connectivity index (χ4v) is 2.34. The van der Waals surface area contributed by atoms with Gasteiger partial charge in [0.2, 0.25) is 0 Å². The van der Waals surface area contributed by atoms with Crippen LogP contribution >= 0.6 is 0 Å². The molecular weight excluding hydrogens is 305 g/mol. The van der Waals surface area contributed by atoms with Crippen LogP contribution in [0.2, 0.25) is 0 Å². The molecule has 2 aromatic rings. The lowest BCUT2D eigenvalue weighted by molar-refractivity contribution is 0.340. The Morgan fingerprint density at radius 2 is 1.88 bits per heavy atom. The number of nitrogens with zero attached hydrogens (tertiary/aromatic N) is 1. The molecule has 0 heterocycles. The van der Waals surface area contributed by atoms with Gasteiger partial charge in [0, 0.05) is 20.1 Å². The highest BCUT2D eigenvalue weighted by Crippen LogP contribution is 2.12. The molecule has 5 heteroatoms. The molecule has 0 aliphatic rings. The van der Waals surface area contributed by atoms with Gasteiger partial charge in [0.25, 0.3) is 0 Å². The lowest BCUT2D eigenvalue weighted by Gasteiger charge is -2.12. The first-order chi connectivity index (χ1) is 11.7. The number of aliphatic imine (C=N–C) groups is 1. The number of benzene rings is 2. The predicted molar refractivity (Wildman–Crippen MR) is 95.9 cm³/mol. The molecule has 2 aromatic carbocycles. The van der Waals surface area contributed by atoms with Gasteiger partial charge in [0.15, 0.2) is 5.96 Å². The summed E-state index contributed by atoms with van der Waals surface area (Å²) in [6, 6.07) is 14.6. The third-order valence-corrected chi connectivity index (χ3v) is 3.49. The van der Waals surface area contributed by atoms with Crippen LogP contribution in [0.3, 0.4) is 0 Å². The van der Waals surface area contributed by atoms with Gasteiger partial charge >= 0.3 is 0 Å². The van der Waals surface area contributed by atoms with Crippen LogP contribution in [-0.2, 0) is 13.0 Å². The van der Waals surface area contributed by atoms with Gasteiger partial charge in [-0.2, -0.15) is 0 Å². The lowest BCUT2D eigenvalue weighted by Crippen LogP contribution is -2.37. The number of guanidine groups is 1. The molecule has 0 unspecified atom stereocenters. The quantitative estimate of drug-likeness (QED) is 0.606. The molecule has 0 radical (unpaired) electrons. The summed E-state index contributed by atoms with van der Waals surface area (Å²) in [4.78, 5) is 4.20. The summed E-state index contributed by atoms with van der Waals surface area (Å²) in [5, 5.41) is 6.49. The van der Waals surface area contributed by atoms with Crippen molar-refractivity contribution in [2.24, 2.45) is 4.99 Å². The first-order valence-corrected chi connectivity index (χ1v) is 8.12. The Labute approximate surface area is 142 Å². The minimum Gasteiger partial charge on any atom is -0.494 e. The van der Waals surface area contributed by atoms with Gasteiger partial charge in [0.05, 0.1) is 6.61 Å². The van der Waals surface area contributed by atoms with Crippen molar-refractivity contribution in [3.05, 3.63) is 65.5 Å². The number of halogens is 1. The zero-order valence-corrected chi connectivity index (χ0v) is 14.2. The SMILES string of the molecule is CCOc1cccc(CNC(=NC)NCCc2cccc(F)c2)c1. The molecular formula is C19H24FN3O. The molecule has 0 saturated heterocycles. The number of nitrogens with one attached hydrogen (secondary N) is 2. The molecule has 0 spiro atoms. The first kappa shape index (κ1) is 17.8. The van der Waals surface area contributed by atoms with Gasteiger partial charge in [-0.05, 0) is 48.7 Å². The average molecular weight is 329 g/mol. The Morgan fingerprint density at radius 1 is 1.08 bits per heavy atom. The van der Waals surface area contributed by atoms with Crippen LogP contribution in [0.25, 0.3) is 0 Å². The molecule has 0 aliphatic carbocycles. The maximum Gasteiger partial charge on any atom is 0.191 e. The number of ether oxygens (including phenoxy) is 1. The molecule has 0 aromatic heterocycles. The summed E-state index contributed by atoms with van der Waals surface area (Å²) >= 11 is 0. The summed E-state index contributed by atoms with van der Waals surface area (Å²) in [7, 11) is 1.73. The lowest BCUT2D eigenvalue weighted by atomic mass is 10.1. The van der Waals surface area contributed by atoms with Crippen LogP contribution in [0.4, 0.5) is 4.39 Å².